The summed E-state index contributed by atoms with van der Waals surface area (Å²) in [6.45, 7) is 3.08. The van der Waals surface area contributed by atoms with Gasteiger partial charge in [-0.3, -0.25) is 4.79 Å². The first-order valence-electron chi connectivity index (χ1n) is 7.17. The van der Waals surface area contributed by atoms with Crippen LogP contribution in [0.1, 0.15) is 24.0 Å². The summed E-state index contributed by atoms with van der Waals surface area (Å²) >= 11 is 0. The van der Waals surface area contributed by atoms with Crippen molar-refractivity contribution in [3.63, 3.8) is 0 Å². The highest BCUT2D eigenvalue weighted by molar-refractivity contribution is 5.99. The van der Waals surface area contributed by atoms with Crippen LogP contribution in [-0.2, 0) is 17.6 Å². The first-order chi connectivity index (χ1) is 9.31. The Kier molecular flexibility index (Phi) is 3.80. The zero-order valence-electron chi connectivity index (χ0n) is 11.2. The van der Waals surface area contributed by atoms with E-state index < -0.39 is 0 Å². The molecule has 0 unspecified atom stereocenters. The number of anilines is 1. The Labute approximate surface area is 114 Å². The van der Waals surface area contributed by atoms with Gasteiger partial charge in [-0.2, -0.15) is 0 Å². The van der Waals surface area contributed by atoms with E-state index in [0.29, 0.717) is 6.42 Å². The van der Waals surface area contributed by atoms with Gasteiger partial charge in [0.15, 0.2) is 0 Å². The van der Waals surface area contributed by atoms with Crippen LogP contribution in [0.2, 0.25) is 0 Å². The van der Waals surface area contributed by atoms with Crippen molar-refractivity contribution >= 4 is 11.6 Å². The van der Waals surface area contributed by atoms with E-state index in [0.717, 1.165) is 43.3 Å². The predicted octanol–water partition coefficient (Wildman–Crippen LogP) is 1.07. The minimum absolute atomic E-state index is 0.108. The summed E-state index contributed by atoms with van der Waals surface area (Å²) in [6.07, 6.45) is 4.25. The molecule has 0 saturated heterocycles. The van der Waals surface area contributed by atoms with Gasteiger partial charge < -0.3 is 16.0 Å². The Morgan fingerprint density at radius 1 is 1.21 bits per heavy atom. The number of amides is 1. The van der Waals surface area contributed by atoms with Crippen LogP contribution in [0.15, 0.2) is 18.2 Å². The summed E-state index contributed by atoms with van der Waals surface area (Å²) in [5.74, 6) is 0.108. The second kappa shape index (κ2) is 5.72. The van der Waals surface area contributed by atoms with Crippen molar-refractivity contribution < 1.29 is 4.79 Å². The Bertz CT molecular complexity index is 468. The molecule has 0 atom stereocenters. The molecule has 0 aromatic heterocycles. The van der Waals surface area contributed by atoms with Crippen molar-refractivity contribution in [2.45, 2.75) is 31.7 Å². The number of hydrogen-bond donors (Lipinski definition) is 3. The molecule has 1 heterocycles. The van der Waals surface area contributed by atoms with Gasteiger partial charge in [0.25, 0.3) is 0 Å². The third-order valence-electron chi connectivity index (χ3n) is 3.70. The van der Waals surface area contributed by atoms with Crippen molar-refractivity contribution in [2.75, 3.05) is 25.0 Å². The van der Waals surface area contributed by atoms with Crippen LogP contribution in [-0.4, -0.2) is 31.6 Å². The van der Waals surface area contributed by atoms with E-state index in [9.17, 15) is 4.79 Å². The van der Waals surface area contributed by atoms with Crippen molar-refractivity contribution in [3.05, 3.63) is 29.3 Å². The summed E-state index contributed by atoms with van der Waals surface area (Å²) < 4.78 is 0. The fourth-order valence-corrected chi connectivity index (χ4v) is 2.45. The van der Waals surface area contributed by atoms with Gasteiger partial charge in [-0.15, -0.1) is 0 Å². The summed E-state index contributed by atoms with van der Waals surface area (Å²) in [7, 11) is 0. The lowest BCUT2D eigenvalue weighted by molar-refractivity contribution is -0.115. The van der Waals surface area contributed by atoms with Crippen molar-refractivity contribution in [1.82, 2.24) is 10.6 Å². The molecular weight excluding hydrogens is 238 g/mol. The highest BCUT2D eigenvalue weighted by atomic mass is 16.1. The lowest BCUT2D eigenvalue weighted by atomic mass is 10.1. The number of carbonyl (C=O) groups is 1. The number of carbonyl (C=O) groups excluding carboxylic acids is 1. The van der Waals surface area contributed by atoms with Gasteiger partial charge >= 0.3 is 0 Å². The van der Waals surface area contributed by atoms with Gasteiger partial charge in [-0.05, 0) is 43.0 Å². The van der Waals surface area contributed by atoms with Gasteiger partial charge in [-0.1, -0.05) is 12.1 Å². The lowest BCUT2D eigenvalue weighted by Crippen LogP contribution is -2.29. The van der Waals surface area contributed by atoms with Crippen LogP contribution in [0.4, 0.5) is 5.69 Å². The monoisotopic (exact) mass is 259 g/mol. The average Bonchev–Trinajstić information content (AvgIpc) is 3.14. The maximum absolute atomic E-state index is 11.3. The Balaban J connectivity index is 1.38. The summed E-state index contributed by atoms with van der Waals surface area (Å²) in [5.41, 5.74) is 3.42. The van der Waals surface area contributed by atoms with Gasteiger partial charge in [-0.25, -0.2) is 0 Å². The number of hydrogen-bond acceptors (Lipinski definition) is 3. The summed E-state index contributed by atoms with van der Waals surface area (Å²) in [4.78, 5) is 11.3. The molecule has 1 aliphatic carbocycles. The molecule has 1 fully saturated rings. The third-order valence-corrected chi connectivity index (χ3v) is 3.70. The van der Waals surface area contributed by atoms with Crippen LogP contribution in [0.3, 0.4) is 0 Å². The molecule has 3 rings (SSSR count). The Morgan fingerprint density at radius 3 is 2.95 bits per heavy atom. The quantitative estimate of drug-likeness (QED) is 0.642. The highest BCUT2D eigenvalue weighted by Gasteiger charge is 2.19. The van der Waals surface area contributed by atoms with Gasteiger partial charge in [0.2, 0.25) is 5.91 Å². The molecule has 1 aromatic carbocycles. The first kappa shape index (κ1) is 12.6. The van der Waals surface area contributed by atoms with Crippen LogP contribution in [0.25, 0.3) is 0 Å². The molecule has 19 heavy (non-hydrogen) atoms. The Morgan fingerprint density at radius 2 is 2.11 bits per heavy atom. The molecule has 0 spiro atoms. The molecule has 0 bridgehead atoms. The fraction of sp³-hybridized carbons (Fsp3) is 0.533. The normalized spacial score (nSPS) is 17.4. The van der Waals surface area contributed by atoms with Crippen LogP contribution < -0.4 is 16.0 Å². The maximum atomic E-state index is 11.3. The molecule has 1 aliphatic heterocycles. The zero-order valence-corrected chi connectivity index (χ0v) is 11.2. The van der Waals surface area contributed by atoms with Gasteiger partial charge in [0.05, 0.1) is 6.42 Å². The maximum Gasteiger partial charge on any atom is 0.228 e. The smallest absolute Gasteiger partial charge is 0.228 e. The van der Waals surface area contributed by atoms with Crippen LogP contribution in [0.5, 0.6) is 0 Å². The minimum Gasteiger partial charge on any atom is -0.326 e. The topological polar surface area (TPSA) is 53.2 Å². The van der Waals surface area contributed by atoms with Crippen molar-refractivity contribution in [3.8, 4) is 0 Å². The highest BCUT2D eigenvalue weighted by Crippen LogP contribution is 2.23. The summed E-state index contributed by atoms with van der Waals surface area (Å²) in [5, 5.41) is 9.80. The number of benzene rings is 1. The first-order valence-corrected chi connectivity index (χ1v) is 7.17. The molecule has 1 aromatic rings. The van der Waals surface area contributed by atoms with E-state index >= 15 is 0 Å². The molecule has 4 heteroatoms. The van der Waals surface area contributed by atoms with E-state index in [1.807, 2.05) is 6.07 Å². The standard InChI is InChI=1S/C15H21N3O/c19-15-10-12-9-11(1-4-14(12)18-15)5-6-16-7-8-17-13-2-3-13/h1,4,9,13,16-17H,2-3,5-8,10H2,(H,18,19). The molecule has 1 saturated carbocycles. The number of rotatable bonds is 7. The third kappa shape index (κ3) is 3.55. The second-order valence-electron chi connectivity index (χ2n) is 5.44. The molecule has 102 valence electrons. The molecule has 4 nitrogen and oxygen atoms in total. The van der Waals surface area contributed by atoms with E-state index in [1.54, 1.807) is 0 Å². The SMILES string of the molecule is O=C1Cc2cc(CCNCCNC3CC3)ccc2N1. The fourth-order valence-electron chi connectivity index (χ4n) is 2.45. The van der Waals surface area contributed by atoms with E-state index in [4.69, 9.17) is 0 Å². The van der Waals surface area contributed by atoms with Crippen molar-refractivity contribution in [1.29, 1.82) is 0 Å². The minimum atomic E-state index is 0.108. The van der Waals surface area contributed by atoms with Crippen molar-refractivity contribution in [2.24, 2.45) is 0 Å². The predicted molar refractivity (Wildman–Crippen MR) is 76.4 cm³/mol. The molecular formula is C15H21N3O. The molecule has 1 amide bonds. The van der Waals surface area contributed by atoms with E-state index in [-0.39, 0.29) is 5.91 Å². The number of nitrogens with one attached hydrogen (secondary N) is 3. The molecule has 0 radical (unpaired) electrons. The largest absolute Gasteiger partial charge is 0.326 e. The van der Waals surface area contributed by atoms with E-state index in [1.165, 1.54) is 18.4 Å². The molecule has 2 aliphatic rings. The van der Waals surface area contributed by atoms with Crippen LogP contribution in [0, 0.1) is 0 Å². The average molecular weight is 259 g/mol. The Hall–Kier alpha value is -1.39. The second-order valence-corrected chi connectivity index (χ2v) is 5.44. The summed E-state index contributed by atoms with van der Waals surface area (Å²) in [6, 6.07) is 7.07. The zero-order chi connectivity index (χ0) is 13.1. The van der Waals surface area contributed by atoms with Gasteiger partial charge in [0, 0.05) is 24.8 Å². The van der Waals surface area contributed by atoms with E-state index in [2.05, 4.69) is 28.1 Å². The lowest BCUT2D eigenvalue weighted by Gasteiger charge is -2.07. The number of fused-ring (bicyclic) bond motifs is 1. The van der Waals surface area contributed by atoms with Gasteiger partial charge in [0.1, 0.15) is 0 Å². The van der Waals surface area contributed by atoms with Crippen LogP contribution >= 0.6 is 0 Å². The molecule has 3 N–H and O–H groups in total.